The van der Waals surface area contributed by atoms with Gasteiger partial charge in [0.05, 0.1) is 12.9 Å². The molecule has 1 aliphatic heterocycles. The van der Waals surface area contributed by atoms with Crippen molar-refractivity contribution >= 4 is 78.1 Å². The van der Waals surface area contributed by atoms with Crippen molar-refractivity contribution in [3.05, 3.63) is 12.7 Å². The number of aromatic hydroxyl groups is 1. The van der Waals surface area contributed by atoms with E-state index in [1.54, 1.807) is 0 Å². The Bertz CT molecular complexity index is 772. The molecule has 0 saturated carbocycles. The van der Waals surface area contributed by atoms with E-state index in [4.69, 9.17) is 14.5 Å². The number of rotatable bonds is 4. The Hall–Kier alpha value is 0.340. The second kappa shape index (κ2) is 9.02. The van der Waals surface area contributed by atoms with Crippen molar-refractivity contribution in [3.63, 3.8) is 0 Å². The van der Waals surface area contributed by atoms with Crippen LogP contribution in [0.5, 0.6) is 5.88 Å². The van der Waals surface area contributed by atoms with Gasteiger partial charge < -0.3 is 29.8 Å². The monoisotopic (exact) mass is 396 g/mol. The van der Waals surface area contributed by atoms with Crippen LogP contribution >= 0.6 is 7.82 Å². The average molecular weight is 396 g/mol. The topological polar surface area (TPSA) is 180 Å². The van der Waals surface area contributed by atoms with E-state index in [0.29, 0.717) is 0 Å². The quantitative estimate of drug-likeness (QED) is 0.262. The molecule has 1 saturated heterocycles. The molecule has 130 valence electrons. The van der Waals surface area contributed by atoms with Crippen molar-refractivity contribution in [2.75, 3.05) is 6.61 Å². The van der Waals surface area contributed by atoms with Crippen LogP contribution in [0.15, 0.2) is 12.7 Å². The third-order valence-corrected chi connectivity index (χ3v) is 3.84. The molecular weight excluding hydrogens is 381 g/mol. The maximum absolute atomic E-state index is 10.7. The van der Waals surface area contributed by atoms with E-state index in [2.05, 4.69) is 19.5 Å². The molecule has 0 amide bonds. The van der Waals surface area contributed by atoms with E-state index < -0.39 is 39.0 Å². The average Bonchev–Trinajstić information content (AvgIpc) is 3.01. The summed E-state index contributed by atoms with van der Waals surface area (Å²) in [5.41, 5.74) is 0.234. The number of imidazole rings is 1. The molecule has 4 atom stereocenters. The zero-order valence-corrected chi connectivity index (χ0v) is 12.3. The van der Waals surface area contributed by atoms with Gasteiger partial charge in [0.25, 0.3) is 0 Å². The molecule has 1 aliphatic rings. The van der Waals surface area contributed by atoms with Crippen molar-refractivity contribution < 1.29 is 38.9 Å². The van der Waals surface area contributed by atoms with Gasteiger partial charge >= 0.3 is 66.9 Å². The van der Waals surface area contributed by atoms with Crippen molar-refractivity contribution in [2.24, 2.45) is 0 Å². The molecule has 0 spiro atoms. The molecule has 0 unspecified atom stereocenters. The van der Waals surface area contributed by atoms with E-state index in [-0.39, 0.29) is 76.2 Å². The molecular formula is C10H15N4Na2O8P. The third kappa shape index (κ3) is 4.99. The predicted octanol–water partition coefficient (Wildman–Crippen LogP) is -3.04. The van der Waals surface area contributed by atoms with Crippen molar-refractivity contribution in [2.45, 2.75) is 24.5 Å². The second-order valence-electron chi connectivity index (χ2n) is 4.85. The molecule has 1 fully saturated rings. The van der Waals surface area contributed by atoms with Crippen LogP contribution in [0.25, 0.3) is 11.2 Å². The first-order valence-electron chi connectivity index (χ1n) is 6.36. The van der Waals surface area contributed by atoms with Gasteiger partial charge in [-0.3, -0.25) is 9.09 Å². The van der Waals surface area contributed by atoms with Gasteiger partial charge in [0.15, 0.2) is 17.4 Å². The minimum atomic E-state index is -4.74. The SMILES string of the molecule is O=P(O)(O)OC[C@H]1O[C@@H](n2cnc3c(O)ncnc32)[C@H](O)[C@@H]1O.[NaH].[NaH]. The van der Waals surface area contributed by atoms with Gasteiger partial charge in [-0.25, -0.2) is 14.5 Å². The molecule has 3 heterocycles. The number of aliphatic hydroxyl groups is 2. The Balaban J connectivity index is 0.00000156. The van der Waals surface area contributed by atoms with Crippen molar-refractivity contribution in [1.29, 1.82) is 0 Å². The Morgan fingerprint density at radius 1 is 1.20 bits per heavy atom. The minimum absolute atomic E-state index is 0. The normalized spacial score (nSPS) is 26.2. The predicted molar refractivity (Wildman–Crippen MR) is 85.2 cm³/mol. The van der Waals surface area contributed by atoms with E-state index >= 15 is 0 Å². The van der Waals surface area contributed by atoms with Gasteiger partial charge in [-0.05, 0) is 0 Å². The Labute approximate surface area is 185 Å². The molecule has 3 rings (SSSR count). The molecule has 0 aliphatic carbocycles. The Morgan fingerprint density at radius 3 is 2.52 bits per heavy atom. The standard InChI is InChI=1S/C10H13N4O8P.2Na.2H/c15-6-4(1-21-23(18,19)20)22-10(7(6)16)14-3-13-5-8(14)11-2-12-9(5)17;;;;/h2-4,6-7,10,15-16H,1H2,(H,11,12,17)(H2,18,19,20);;;;/t4-,6-,7-,10-;;;;/m1..../s1. The summed E-state index contributed by atoms with van der Waals surface area (Å²) in [5.74, 6) is -0.358. The van der Waals surface area contributed by atoms with Crippen LogP contribution in [0.3, 0.4) is 0 Å². The number of phosphoric acid groups is 1. The summed E-state index contributed by atoms with van der Waals surface area (Å²) in [6, 6.07) is 0. The van der Waals surface area contributed by atoms with Crippen LogP contribution in [0.1, 0.15) is 6.23 Å². The fourth-order valence-electron chi connectivity index (χ4n) is 2.29. The fraction of sp³-hybridized carbons (Fsp3) is 0.500. The number of aromatic nitrogens is 4. The van der Waals surface area contributed by atoms with Gasteiger partial charge in [0, 0.05) is 0 Å². The van der Waals surface area contributed by atoms with E-state index in [1.165, 1.54) is 10.9 Å². The zero-order valence-electron chi connectivity index (χ0n) is 11.4. The Morgan fingerprint density at radius 2 is 1.88 bits per heavy atom. The third-order valence-electron chi connectivity index (χ3n) is 3.36. The van der Waals surface area contributed by atoms with Crippen LogP contribution < -0.4 is 0 Å². The van der Waals surface area contributed by atoms with Crippen LogP contribution in [-0.2, 0) is 13.8 Å². The number of hydrogen-bond donors (Lipinski definition) is 5. The summed E-state index contributed by atoms with van der Waals surface area (Å²) < 4.78 is 21.6. The molecule has 5 N–H and O–H groups in total. The number of nitrogens with zero attached hydrogens (tertiary/aromatic N) is 4. The van der Waals surface area contributed by atoms with Gasteiger partial charge in [-0.1, -0.05) is 0 Å². The maximum atomic E-state index is 10.7. The van der Waals surface area contributed by atoms with E-state index in [9.17, 15) is 19.9 Å². The fourth-order valence-corrected chi connectivity index (χ4v) is 2.63. The second-order valence-corrected chi connectivity index (χ2v) is 6.09. The van der Waals surface area contributed by atoms with Crippen molar-refractivity contribution in [3.8, 4) is 5.88 Å². The van der Waals surface area contributed by atoms with Crippen LogP contribution in [0.2, 0.25) is 0 Å². The molecule has 0 aromatic carbocycles. The first-order valence-corrected chi connectivity index (χ1v) is 7.89. The van der Waals surface area contributed by atoms with E-state index in [1.807, 2.05) is 0 Å². The number of fused-ring (bicyclic) bond motifs is 1. The number of hydrogen-bond acceptors (Lipinski definition) is 9. The summed E-state index contributed by atoms with van der Waals surface area (Å²) >= 11 is 0. The Kier molecular flexibility index (Phi) is 8.44. The summed E-state index contributed by atoms with van der Waals surface area (Å²) in [4.78, 5) is 28.7. The van der Waals surface area contributed by atoms with Gasteiger partial charge in [-0.15, -0.1) is 0 Å². The molecule has 0 bridgehead atoms. The number of ether oxygens (including phenoxy) is 1. The molecule has 12 nitrogen and oxygen atoms in total. The molecule has 15 heteroatoms. The molecule has 0 radical (unpaired) electrons. The first kappa shape index (κ1) is 23.4. The molecule has 2 aromatic heterocycles. The van der Waals surface area contributed by atoms with Crippen LogP contribution in [-0.4, -0.2) is 129 Å². The first-order chi connectivity index (χ1) is 10.8. The van der Waals surface area contributed by atoms with Gasteiger partial charge in [0.2, 0.25) is 5.88 Å². The van der Waals surface area contributed by atoms with Gasteiger partial charge in [-0.2, -0.15) is 4.98 Å². The van der Waals surface area contributed by atoms with E-state index in [0.717, 1.165) is 6.33 Å². The molecule has 25 heavy (non-hydrogen) atoms. The molecule has 2 aromatic rings. The van der Waals surface area contributed by atoms with Gasteiger partial charge in [0.1, 0.15) is 24.6 Å². The van der Waals surface area contributed by atoms with Crippen LogP contribution in [0, 0.1) is 0 Å². The summed E-state index contributed by atoms with van der Waals surface area (Å²) in [6.45, 7) is -0.619. The summed E-state index contributed by atoms with van der Waals surface area (Å²) in [6.07, 6.45) is -2.85. The zero-order chi connectivity index (χ0) is 16.8. The van der Waals surface area contributed by atoms with Crippen molar-refractivity contribution in [1.82, 2.24) is 19.5 Å². The number of aliphatic hydroxyl groups excluding tert-OH is 2. The summed E-state index contributed by atoms with van der Waals surface area (Å²) in [7, 11) is -4.74. The summed E-state index contributed by atoms with van der Waals surface area (Å²) in [5, 5.41) is 29.6. The van der Waals surface area contributed by atoms with Crippen LogP contribution in [0.4, 0.5) is 0 Å². The number of phosphoric ester groups is 1.